The second-order valence-electron chi connectivity index (χ2n) is 2.07. The Labute approximate surface area is 68.2 Å². The minimum atomic E-state index is -1.31. The van der Waals surface area contributed by atoms with Crippen LogP contribution in [0.3, 0.4) is 0 Å². The first-order chi connectivity index (χ1) is 5.66. The number of carbonyl (C=O) groups is 1. The molecule has 0 bridgehead atoms. The summed E-state index contributed by atoms with van der Waals surface area (Å²) >= 11 is 0. The lowest BCUT2D eigenvalue weighted by Gasteiger charge is -1.98. The molecule has 62 valence electrons. The molecule has 0 aliphatic heterocycles. The highest BCUT2D eigenvalue weighted by Gasteiger charge is 2.12. The maximum Gasteiger partial charge on any atom is 0.338 e. The number of pyridine rings is 1. The molecule has 12 heavy (non-hydrogen) atoms. The van der Waals surface area contributed by atoms with E-state index in [1.165, 1.54) is 12.3 Å². The largest absolute Gasteiger partial charge is 0.478 e. The summed E-state index contributed by atoms with van der Waals surface area (Å²) in [5.74, 6) is -2.15. The van der Waals surface area contributed by atoms with E-state index in [-0.39, 0.29) is 11.3 Å². The Bertz CT molecular complexity index is 336. The molecule has 0 aromatic carbocycles. The van der Waals surface area contributed by atoms with Gasteiger partial charge in [-0.3, -0.25) is 4.98 Å². The van der Waals surface area contributed by atoms with Crippen LogP contribution in [0.2, 0.25) is 0 Å². The third-order valence-corrected chi connectivity index (χ3v) is 1.34. The van der Waals surface area contributed by atoms with Gasteiger partial charge in [0.25, 0.3) is 0 Å². The molecule has 1 N–H and O–H groups in total. The van der Waals surface area contributed by atoms with Crippen LogP contribution in [-0.4, -0.2) is 16.1 Å². The summed E-state index contributed by atoms with van der Waals surface area (Å²) in [5.41, 5.74) is -0.435. The minimum Gasteiger partial charge on any atom is -0.478 e. The first-order valence-electron chi connectivity index (χ1n) is 3.17. The van der Waals surface area contributed by atoms with Crippen LogP contribution >= 0.6 is 0 Å². The van der Waals surface area contributed by atoms with Crippen molar-refractivity contribution in [1.82, 2.24) is 4.98 Å². The first-order valence-corrected chi connectivity index (χ1v) is 3.17. The molecule has 0 spiro atoms. The summed E-state index contributed by atoms with van der Waals surface area (Å²) in [5, 5.41) is 8.48. The fourth-order valence-corrected chi connectivity index (χ4v) is 0.767. The van der Waals surface area contributed by atoms with E-state index in [0.29, 0.717) is 0 Å². The Morgan fingerprint density at radius 3 is 2.92 bits per heavy atom. The normalized spacial score (nSPS) is 9.42. The fourth-order valence-electron chi connectivity index (χ4n) is 0.767. The van der Waals surface area contributed by atoms with Gasteiger partial charge in [-0.05, 0) is 12.1 Å². The molecule has 1 aromatic heterocycles. The van der Waals surface area contributed by atoms with Gasteiger partial charge in [0.2, 0.25) is 0 Å². The minimum absolute atomic E-state index is 0.0464. The Balaban J connectivity index is 3.32. The summed E-state index contributed by atoms with van der Waals surface area (Å²) in [6.07, 6.45) is 2.39. The molecule has 0 aliphatic rings. The SMILES string of the molecule is C=Cc1nccc(C(=O)O)c1F. The van der Waals surface area contributed by atoms with Crippen LogP contribution in [0, 0.1) is 5.82 Å². The number of carboxylic acids is 1. The second kappa shape index (κ2) is 3.13. The van der Waals surface area contributed by atoms with Crippen LogP contribution in [0.15, 0.2) is 18.8 Å². The molecule has 0 fully saturated rings. The summed E-state index contributed by atoms with van der Waals surface area (Å²) in [4.78, 5) is 14.0. The van der Waals surface area contributed by atoms with Gasteiger partial charge in [0, 0.05) is 6.20 Å². The molecular formula is C8H6FNO2. The number of hydrogen-bond donors (Lipinski definition) is 1. The molecule has 4 heteroatoms. The summed E-state index contributed by atoms with van der Waals surface area (Å²) in [7, 11) is 0. The van der Waals surface area contributed by atoms with Gasteiger partial charge in [-0.15, -0.1) is 0 Å². The average Bonchev–Trinajstić information content (AvgIpc) is 2.04. The Kier molecular flexibility index (Phi) is 2.19. The molecule has 0 saturated heterocycles. The van der Waals surface area contributed by atoms with Gasteiger partial charge in [0.05, 0.1) is 11.3 Å². The van der Waals surface area contributed by atoms with Gasteiger partial charge >= 0.3 is 5.97 Å². The van der Waals surface area contributed by atoms with Gasteiger partial charge in [-0.2, -0.15) is 0 Å². The summed E-state index contributed by atoms with van der Waals surface area (Å²) < 4.78 is 13.0. The highest BCUT2D eigenvalue weighted by Crippen LogP contribution is 2.10. The highest BCUT2D eigenvalue weighted by molar-refractivity contribution is 5.88. The van der Waals surface area contributed by atoms with Crippen molar-refractivity contribution < 1.29 is 14.3 Å². The van der Waals surface area contributed by atoms with Crippen LogP contribution in [0.5, 0.6) is 0 Å². The zero-order valence-electron chi connectivity index (χ0n) is 6.12. The van der Waals surface area contributed by atoms with Crippen molar-refractivity contribution in [1.29, 1.82) is 0 Å². The Morgan fingerprint density at radius 1 is 1.75 bits per heavy atom. The van der Waals surface area contributed by atoms with Crippen molar-refractivity contribution in [2.75, 3.05) is 0 Å². The van der Waals surface area contributed by atoms with Gasteiger partial charge < -0.3 is 5.11 Å². The maximum absolute atomic E-state index is 13.0. The lowest BCUT2D eigenvalue weighted by atomic mass is 10.2. The highest BCUT2D eigenvalue weighted by atomic mass is 19.1. The monoisotopic (exact) mass is 167 g/mol. The molecule has 0 radical (unpaired) electrons. The fraction of sp³-hybridized carbons (Fsp3) is 0. The van der Waals surface area contributed by atoms with Crippen molar-refractivity contribution in [2.45, 2.75) is 0 Å². The van der Waals surface area contributed by atoms with Crippen molar-refractivity contribution >= 4 is 12.0 Å². The molecule has 0 amide bonds. The predicted molar refractivity (Wildman–Crippen MR) is 41.2 cm³/mol. The van der Waals surface area contributed by atoms with Crippen molar-refractivity contribution in [3.05, 3.63) is 35.9 Å². The van der Waals surface area contributed by atoms with E-state index in [9.17, 15) is 9.18 Å². The van der Waals surface area contributed by atoms with Gasteiger partial charge in [-0.1, -0.05) is 6.58 Å². The number of aromatic nitrogens is 1. The Hall–Kier alpha value is -1.71. The van der Waals surface area contributed by atoms with Crippen molar-refractivity contribution in [3.63, 3.8) is 0 Å². The van der Waals surface area contributed by atoms with Crippen molar-refractivity contribution in [3.8, 4) is 0 Å². The van der Waals surface area contributed by atoms with E-state index < -0.39 is 11.8 Å². The van der Waals surface area contributed by atoms with Crippen LogP contribution in [0.4, 0.5) is 4.39 Å². The molecular weight excluding hydrogens is 161 g/mol. The van der Waals surface area contributed by atoms with E-state index in [2.05, 4.69) is 11.6 Å². The molecule has 0 atom stereocenters. The molecule has 0 aliphatic carbocycles. The molecule has 1 aromatic rings. The third kappa shape index (κ3) is 1.32. The van der Waals surface area contributed by atoms with E-state index in [4.69, 9.17) is 5.11 Å². The number of halogens is 1. The summed E-state index contributed by atoms with van der Waals surface area (Å²) in [6, 6.07) is 1.10. The zero-order chi connectivity index (χ0) is 9.14. The molecule has 1 heterocycles. The van der Waals surface area contributed by atoms with E-state index in [1.807, 2.05) is 0 Å². The zero-order valence-corrected chi connectivity index (χ0v) is 6.12. The van der Waals surface area contributed by atoms with Gasteiger partial charge in [0.15, 0.2) is 5.82 Å². The van der Waals surface area contributed by atoms with E-state index in [0.717, 1.165) is 6.07 Å². The van der Waals surface area contributed by atoms with Gasteiger partial charge in [0.1, 0.15) is 0 Å². The Morgan fingerprint density at radius 2 is 2.42 bits per heavy atom. The van der Waals surface area contributed by atoms with Gasteiger partial charge in [-0.25, -0.2) is 9.18 Å². The van der Waals surface area contributed by atoms with Crippen molar-refractivity contribution in [2.24, 2.45) is 0 Å². The first kappa shape index (κ1) is 8.39. The number of rotatable bonds is 2. The van der Waals surface area contributed by atoms with Crippen LogP contribution in [-0.2, 0) is 0 Å². The standard InChI is InChI=1S/C8H6FNO2/c1-2-6-7(9)5(8(11)12)3-4-10-6/h2-4H,1H2,(H,11,12). The lowest BCUT2D eigenvalue weighted by Crippen LogP contribution is -2.02. The number of carboxylic acid groups (broad SMARTS) is 1. The summed E-state index contributed by atoms with van der Waals surface area (Å²) in [6.45, 7) is 3.30. The van der Waals surface area contributed by atoms with E-state index in [1.54, 1.807) is 0 Å². The quantitative estimate of drug-likeness (QED) is 0.727. The second-order valence-corrected chi connectivity index (χ2v) is 2.07. The lowest BCUT2D eigenvalue weighted by molar-refractivity contribution is 0.0691. The topological polar surface area (TPSA) is 50.2 Å². The molecule has 3 nitrogen and oxygen atoms in total. The maximum atomic E-state index is 13.0. The average molecular weight is 167 g/mol. The molecule has 1 rings (SSSR count). The number of aromatic carboxylic acids is 1. The van der Waals surface area contributed by atoms with Crippen LogP contribution in [0.1, 0.15) is 16.1 Å². The van der Waals surface area contributed by atoms with E-state index >= 15 is 0 Å². The number of hydrogen-bond acceptors (Lipinski definition) is 2. The molecule has 0 saturated carbocycles. The third-order valence-electron chi connectivity index (χ3n) is 1.34. The number of nitrogens with zero attached hydrogens (tertiary/aromatic N) is 1. The molecule has 0 unspecified atom stereocenters. The predicted octanol–water partition coefficient (Wildman–Crippen LogP) is 1.56. The van der Waals surface area contributed by atoms with Crippen LogP contribution in [0.25, 0.3) is 6.08 Å². The van der Waals surface area contributed by atoms with Crippen LogP contribution < -0.4 is 0 Å². The smallest absolute Gasteiger partial charge is 0.338 e.